The SMILES string of the molecule is CN(c1ccc(I)cc1)c1nc(Nc2ccc(I)cc2)ncc1C(F)(F)F. The molecule has 0 amide bonds. The van der Waals surface area contributed by atoms with E-state index in [0.29, 0.717) is 11.4 Å². The quantitative estimate of drug-likeness (QED) is 0.364. The van der Waals surface area contributed by atoms with Crippen LogP contribution in [0.3, 0.4) is 0 Å². The lowest BCUT2D eigenvalue weighted by atomic mass is 10.2. The Morgan fingerprint density at radius 3 is 2.04 bits per heavy atom. The Labute approximate surface area is 181 Å². The minimum atomic E-state index is -4.56. The number of alkyl halides is 3. The van der Waals surface area contributed by atoms with Gasteiger partial charge in [-0.25, -0.2) is 4.98 Å². The monoisotopic (exact) mass is 596 g/mol. The molecule has 3 aromatic rings. The van der Waals surface area contributed by atoms with Crippen LogP contribution in [0.5, 0.6) is 0 Å². The van der Waals surface area contributed by atoms with E-state index in [1.807, 2.05) is 36.4 Å². The summed E-state index contributed by atoms with van der Waals surface area (Å²) in [5.74, 6) is -0.122. The Hall–Kier alpha value is -1.63. The van der Waals surface area contributed by atoms with Crippen LogP contribution in [-0.4, -0.2) is 17.0 Å². The first-order chi connectivity index (χ1) is 12.7. The van der Waals surface area contributed by atoms with E-state index in [2.05, 4.69) is 60.5 Å². The minimum absolute atomic E-state index is 0.0940. The fraction of sp³-hybridized carbons (Fsp3) is 0.111. The Morgan fingerprint density at radius 2 is 1.48 bits per heavy atom. The molecule has 140 valence electrons. The molecule has 0 spiro atoms. The standard InChI is InChI=1S/C18H13F3I2N4/c1-27(14-8-4-12(23)5-9-14)16-15(18(19,20)21)10-24-17(26-16)25-13-6-2-11(22)3-7-13/h2-10H,1H3,(H,24,25,26). The number of anilines is 4. The first-order valence-corrected chi connectivity index (χ1v) is 9.86. The van der Waals surface area contributed by atoms with Gasteiger partial charge in [-0.1, -0.05) is 0 Å². The third-order valence-electron chi connectivity index (χ3n) is 3.71. The molecule has 1 N–H and O–H groups in total. The highest BCUT2D eigenvalue weighted by molar-refractivity contribution is 14.1. The van der Waals surface area contributed by atoms with Crippen LogP contribution < -0.4 is 10.2 Å². The van der Waals surface area contributed by atoms with E-state index < -0.39 is 11.7 Å². The van der Waals surface area contributed by atoms with E-state index in [4.69, 9.17) is 0 Å². The molecule has 1 aromatic heterocycles. The maximum Gasteiger partial charge on any atom is 0.421 e. The van der Waals surface area contributed by atoms with Crippen molar-refractivity contribution in [3.8, 4) is 0 Å². The number of benzene rings is 2. The van der Waals surface area contributed by atoms with Crippen LogP contribution in [0.25, 0.3) is 0 Å². The molecule has 0 aliphatic carbocycles. The van der Waals surface area contributed by atoms with Crippen LogP contribution >= 0.6 is 45.2 Å². The van der Waals surface area contributed by atoms with E-state index in [1.54, 1.807) is 19.2 Å². The number of hydrogen-bond acceptors (Lipinski definition) is 4. The highest BCUT2D eigenvalue weighted by Crippen LogP contribution is 2.37. The summed E-state index contributed by atoms with van der Waals surface area (Å²) in [7, 11) is 1.55. The van der Waals surface area contributed by atoms with Gasteiger partial charge in [0, 0.05) is 31.8 Å². The summed E-state index contributed by atoms with van der Waals surface area (Å²) in [6.45, 7) is 0. The largest absolute Gasteiger partial charge is 0.421 e. The second-order valence-electron chi connectivity index (χ2n) is 5.60. The summed E-state index contributed by atoms with van der Waals surface area (Å²) < 4.78 is 42.4. The van der Waals surface area contributed by atoms with E-state index in [-0.39, 0.29) is 11.8 Å². The molecule has 4 nitrogen and oxygen atoms in total. The zero-order valence-corrected chi connectivity index (χ0v) is 18.2. The summed E-state index contributed by atoms with van der Waals surface area (Å²) in [6.07, 6.45) is -3.76. The van der Waals surface area contributed by atoms with Gasteiger partial charge in [-0.3, -0.25) is 0 Å². The van der Waals surface area contributed by atoms with Crippen molar-refractivity contribution in [2.75, 3.05) is 17.3 Å². The van der Waals surface area contributed by atoms with E-state index in [9.17, 15) is 13.2 Å². The predicted octanol–water partition coefficient (Wildman–Crippen LogP) is 6.22. The third kappa shape index (κ3) is 5.00. The molecular formula is C18H13F3I2N4. The zero-order valence-electron chi connectivity index (χ0n) is 13.9. The second kappa shape index (κ2) is 8.17. The molecule has 0 unspecified atom stereocenters. The lowest BCUT2D eigenvalue weighted by molar-refractivity contribution is -0.137. The minimum Gasteiger partial charge on any atom is -0.329 e. The van der Waals surface area contributed by atoms with Gasteiger partial charge in [-0.15, -0.1) is 0 Å². The first-order valence-electron chi connectivity index (χ1n) is 7.70. The number of nitrogens with one attached hydrogen (secondary N) is 1. The molecule has 0 bridgehead atoms. The maximum atomic E-state index is 13.5. The van der Waals surface area contributed by atoms with Gasteiger partial charge in [0.15, 0.2) is 5.82 Å². The lowest BCUT2D eigenvalue weighted by Gasteiger charge is -2.23. The highest BCUT2D eigenvalue weighted by Gasteiger charge is 2.36. The topological polar surface area (TPSA) is 41.1 Å². The van der Waals surface area contributed by atoms with Gasteiger partial charge in [0.05, 0.1) is 0 Å². The molecule has 0 fully saturated rings. The number of halogens is 5. The first kappa shape index (κ1) is 20.1. The molecule has 27 heavy (non-hydrogen) atoms. The second-order valence-corrected chi connectivity index (χ2v) is 8.09. The van der Waals surface area contributed by atoms with Crippen LogP contribution in [0.4, 0.5) is 36.3 Å². The van der Waals surface area contributed by atoms with Crippen LogP contribution in [0.15, 0.2) is 54.7 Å². The lowest BCUT2D eigenvalue weighted by Crippen LogP contribution is -2.19. The molecular weight excluding hydrogens is 583 g/mol. The molecule has 0 aliphatic heterocycles. The van der Waals surface area contributed by atoms with Crippen molar-refractivity contribution in [1.82, 2.24) is 9.97 Å². The van der Waals surface area contributed by atoms with Crippen molar-refractivity contribution in [3.63, 3.8) is 0 Å². The summed E-state index contributed by atoms with van der Waals surface area (Å²) in [5.41, 5.74) is 0.398. The fourth-order valence-corrected chi connectivity index (χ4v) is 3.06. The van der Waals surface area contributed by atoms with Crippen LogP contribution in [-0.2, 0) is 6.18 Å². The summed E-state index contributed by atoms with van der Waals surface area (Å²) in [6, 6.07) is 14.5. The normalized spacial score (nSPS) is 11.3. The van der Waals surface area contributed by atoms with Crippen molar-refractivity contribution in [2.24, 2.45) is 0 Å². The smallest absolute Gasteiger partial charge is 0.329 e. The van der Waals surface area contributed by atoms with Crippen molar-refractivity contribution in [1.29, 1.82) is 0 Å². The number of aromatic nitrogens is 2. The van der Waals surface area contributed by atoms with Gasteiger partial charge in [0.1, 0.15) is 5.56 Å². The molecule has 9 heteroatoms. The Kier molecular flexibility index (Phi) is 6.08. The summed E-state index contributed by atoms with van der Waals surface area (Å²) in [4.78, 5) is 9.38. The molecule has 1 heterocycles. The average molecular weight is 596 g/mol. The van der Waals surface area contributed by atoms with Gasteiger partial charge < -0.3 is 10.2 Å². The number of hydrogen-bond donors (Lipinski definition) is 1. The summed E-state index contributed by atoms with van der Waals surface area (Å²) in [5, 5.41) is 2.94. The zero-order chi connectivity index (χ0) is 19.6. The molecule has 3 rings (SSSR count). The van der Waals surface area contributed by atoms with Gasteiger partial charge in [0.2, 0.25) is 5.95 Å². The highest BCUT2D eigenvalue weighted by atomic mass is 127. The van der Waals surface area contributed by atoms with Crippen LogP contribution in [0, 0.1) is 7.14 Å². The summed E-state index contributed by atoms with van der Waals surface area (Å²) >= 11 is 4.31. The maximum absolute atomic E-state index is 13.5. The van der Waals surface area contributed by atoms with Crippen molar-refractivity contribution in [2.45, 2.75) is 6.18 Å². The third-order valence-corrected chi connectivity index (χ3v) is 5.14. The molecule has 0 atom stereocenters. The fourth-order valence-electron chi connectivity index (χ4n) is 2.34. The van der Waals surface area contributed by atoms with Gasteiger partial charge >= 0.3 is 6.18 Å². The number of rotatable bonds is 4. The van der Waals surface area contributed by atoms with Gasteiger partial charge in [-0.2, -0.15) is 18.2 Å². The van der Waals surface area contributed by atoms with Gasteiger partial charge in [-0.05, 0) is 93.7 Å². The van der Waals surface area contributed by atoms with Crippen molar-refractivity contribution in [3.05, 3.63) is 67.4 Å². The Bertz CT molecular complexity index is 929. The van der Waals surface area contributed by atoms with E-state index in [1.165, 1.54) is 4.90 Å². The molecule has 0 aliphatic rings. The molecule has 0 radical (unpaired) electrons. The molecule has 2 aromatic carbocycles. The Balaban J connectivity index is 2.00. The Morgan fingerprint density at radius 1 is 0.926 bits per heavy atom. The molecule has 0 saturated heterocycles. The number of nitrogens with zero attached hydrogens (tertiary/aromatic N) is 3. The molecule has 0 saturated carbocycles. The van der Waals surface area contributed by atoms with Crippen LogP contribution in [0.1, 0.15) is 5.56 Å². The van der Waals surface area contributed by atoms with Crippen LogP contribution in [0.2, 0.25) is 0 Å². The average Bonchev–Trinajstić information content (AvgIpc) is 2.63. The van der Waals surface area contributed by atoms with Crippen molar-refractivity contribution >= 4 is 68.3 Å². The van der Waals surface area contributed by atoms with Crippen molar-refractivity contribution < 1.29 is 13.2 Å². The van der Waals surface area contributed by atoms with E-state index >= 15 is 0 Å². The van der Waals surface area contributed by atoms with Gasteiger partial charge in [0.25, 0.3) is 0 Å². The predicted molar refractivity (Wildman–Crippen MR) is 117 cm³/mol. The van der Waals surface area contributed by atoms with E-state index in [0.717, 1.165) is 13.3 Å².